The third-order valence-corrected chi connectivity index (χ3v) is 5.54. The van der Waals surface area contributed by atoms with E-state index >= 15 is 0 Å². The summed E-state index contributed by atoms with van der Waals surface area (Å²) in [6.07, 6.45) is 0. The Balaban J connectivity index is 1.98. The van der Waals surface area contributed by atoms with Gasteiger partial charge in [0.2, 0.25) is 0 Å². The molecule has 0 unspecified atom stereocenters. The van der Waals surface area contributed by atoms with Crippen LogP contribution in [0, 0.1) is 6.92 Å². The molecule has 0 fully saturated rings. The summed E-state index contributed by atoms with van der Waals surface area (Å²) < 4.78 is 7.70. The Morgan fingerprint density at radius 3 is 2.63 bits per heavy atom. The van der Waals surface area contributed by atoms with Crippen LogP contribution in [0.5, 0.6) is 5.75 Å². The number of hydrogen-bond acceptors (Lipinski definition) is 5. The zero-order valence-corrected chi connectivity index (χ0v) is 16.2. The molecule has 0 bridgehead atoms. The monoisotopic (exact) mass is 377 g/mol. The summed E-state index contributed by atoms with van der Waals surface area (Å²) in [6, 6.07) is 17.4. The van der Waals surface area contributed by atoms with Crippen LogP contribution in [0.1, 0.15) is 23.5 Å². The lowest BCUT2D eigenvalue weighted by Crippen LogP contribution is -2.27. The number of fused-ring (bicyclic) bond motifs is 1. The summed E-state index contributed by atoms with van der Waals surface area (Å²) in [5.74, 6) is 0.748. The lowest BCUT2D eigenvalue weighted by molar-refractivity contribution is 0.415. The van der Waals surface area contributed by atoms with E-state index in [4.69, 9.17) is 9.84 Å². The molecule has 2 aromatic heterocycles. The van der Waals surface area contributed by atoms with Gasteiger partial charge in [-0.05, 0) is 31.5 Å². The SMILES string of the molecule is COc1cccc(-c2nn([C@H](C)c3ccccc3)c(=O)c3nc(C)sc23)c1. The highest BCUT2D eigenvalue weighted by Crippen LogP contribution is 2.32. The second kappa shape index (κ2) is 6.96. The molecule has 0 spiro atoms. The quantitative estimate of drug-likeness (QED) is 0.527. The minimum atomic E-state index is -0.200. The number of rotatable bonds is 4. The van der Waals surface area contributed by atoms with Crippen molar-refractivity contribution in [1.82, 2.24) is 14.8 Å². The number of ether oxygens (including phenoxy) is 1. The molecule has 2 heterocycles. The van der Waals surface area contributed by atoms with Crippen LogP contribution in [-0.4, -0.2) is 21.9 Å². The number of hydrogen-bond donors (Lipinski definition) is 0. The van der Waals surface area contributed by atoms with Gasteiger partial charge in [-0.3, -0.25) is 4.79 Å². The van der Waals surface area contributed by atoms with Crippen molar-refractivity contribution in [3.63, 3.8) is 0 Å². The van der Waals surface area contributed by atoms with Gasteiger partial charge in [-0.25, -0.2) is 9.67 Å². The molecule has 0 aliphatic carbocycles. The number of benzene rings is 2. The van der Waals surface area contributed by atoms with E-state index in [1.165, 1.54) is 16.0 Å². The van der Waals surface area contributed by atoms with Crippen LogP contribution in [-0.2, 0) is 0 Å². The largest absolute Gasteiger partial charge is 0.497 e. The van der Waals surface area contributed by atoms with Crippen molar-refractivity contribution in [2.24, 2.45) is 0 Å². The van der Waals surface area contributed by atoms with Gasteiger partial charge in [0.15, 0.2) is 5.52 Å². The molecule has 0 N–H and O–H groups in total. The highest BCUT2D eigenvalue weighted by atomic mass is 32.1. The number of aryl methyl sites for hydroxylation is 1. The Labute approximate surface area is 160 Å². The van der Waals surface area contributed by atoms with Gasteiger partial charge in [0.25, 0.3) is 5.56 Å². The molecule has 4 rings (SSSR count). The molecule has 0 saturated heterocycles. The Morgan fingerprint density at radius 2 is 1.89 bits per heavy atom. The molecule has 1 atom stereocenters. The smallest absolute Gasteiger partial charge is 0.294 e. The predicted molar refractivity (Wildman–Crippen MR) is 109 cm³/mol. The van der Waals surface area contributed by atoms with E-state index < -0.39 is 0 Å². The Kier molecular flexibility index (Phi) is 4.49. The van der Waals surface area contributed by atoms with Crippen LogP contribution in [0.4, 0.5) is 0 Å². The van der Waals surface area contributed by atoms with Gasteiger partial charge in [-0.2, -0.15) is 5.10 Å². The normalized spacial score (nSPS) is 12.3. The zero-order valence-electron chi connectivity index (χ0n) is 15.3. The molecule has 5 nitrogen and oxygen atoms in total. The molecule has 0 saturated carbocycles. The Bertz CT molecular complexity index is 1170. The van der Waals surface area contributed by atoms with E-state index in [1.54, 1.807) is 7.11 Å². The van der Waals surface area contributed by atoms with Gasteiger partial charge < -0.3 is 4.74 Å². The minimum absolute atomic E-state index is 0.169. The summed E-state index contributed by atoms with van der Waals surface area (Å²) >= 11 is 1.49. The number of thiazole rings is 1. The number of methoxy groups -OCH3 is 1. The van der Waals surface area contributed by atoms with Crippen molar-refractivity contribution in [1.29, 1.82) is 0 Å². The van der Waals surface area contributed by atoms with E-state index in [-0.39, 0.29) is 11.6 Å². The average molecular weight is 377 g/mol. The number of nitrogens with zero attached hydrogens (tertiary/aromatic N) is 3. The second-order valence-corrected chi connectivity index (χ2v) is 7.53. The standard InChI is InChI=1S/C21H19N3O2S/c1-13(15-8-5-4-6-9-15)24-21(25)19-20(27-14(2)22-19)18(23-24)16-10-7-11-17(12-16)26-3/h4-13H,1-3H3/t13-/m1/s1. The van der Waals surface area contributed by atoms with Gasteiger partial charge in [-0.1, -0.05) is 42.5 Å². The molecule has 136 valence electrons. The van der Waals surface area contributed by atoms with E-state index in [2.05, 4.69) is 4.98 Å². The lowest BCUT2D eigenvalue weighted by Gasteiger charge is -2.16. The highest BCUT2D eigenvalue weighted by molar-refractivity contribution is 7.19. The average Bonchev–Trinajstić information content (AvgIpc) is 3.10. The number of aromatic nitrogens is 3. The van der Waals surface area contributed by atoms with Crippen molar-refractivity contribution in [2.75, 3.05) is 7.11 Å². The summed E-state index contributed by atoms with van der Waals surface area (Å²) in [5.41, 5.74) is 2.97. The first-order valence-electron chi connectivity index (χ1n) is 8.68. The molecule has 0 aliphatic rings. The summed E-state index contributed by atoms with van der Waals surface area (Å²) in [7, 11) is 1.64. The molecule has 27 heavy (non-hydrogen) atoms. The van der Waals surface area contributed by atoms with E-state index in [9.17, 15) is 4.79 Å². The summed E-state index contributed by atoms with van der Waals surface area (Å²) in [6.45, 7) is 3.88. The van der Waals surface area contributed by atoms with Gasteiger partial charge in [0, 0.05) is 5.56 Å². The van der Waals surface area contributed by atoms with Gasteiger partial charge >= 0.3 is 0 Å². The fourth-order valence-corrected chi connectivity index (χ4v) is 4.05. The van der Waals surface area contributed by atoms with Crippen molar-refractivity contribution < 1.29 is 4.74 Å². The van der Waals surface area contributed by atoms with Gasteiger partial charge in [-0.15, -0.1) is 11.3 Å². The van der Waals surface area contributed by atoms with E-state index in [0.717, 1.165) is 32.3 Å². The van der Waals surface area contributed by atoms with Crippen LogP contribution >= 0.6 is 11.3 Å². The van der Waals surface area contributed by atoms with E-state index in [0.29, 0.717) is 5.52 Å². The zero-order chi connectivity index (χ0) is 19.0. The molecule has 6 heteroatoms. The van der Waals surface area contributed by atoms with E-state index in [1.807, 2.05) is 68.4 Å². The van der Waals surface area contributed by atoms with Crippen LogP contribution in [0.25, 0.3) is 21.5 Å². The van der Waals surface area contributed by atoms with Crippen molar-refractivity contribution in [3.8, 4) is 17.0 Å². The predicted octanol–water partition coefficient (Wildman–Crippen LogP) is 4.45. The highest BCUT2D eigenvalue weighted by Gasteiger charge is 2.20. The molecule has 4 aromatic rings. The molecule has 0 radical (unpaired) electrons. The summed E-state index contributed by atoms with van der Waals surface area (Å²) in [4.78, 5) is 17.6. The minimum Gasteiger partial charge on any atom is -0.497 e. The van der Waals surface area contributed by atoms with Crippen LogP contribution in [0.15, 0.2) is 59.4 Å². The Morgan fingerprint density at radius 1 is 1.11 bits per heavy atom. The van der Waals surface area contributed by atoms with Crippen LogP contribution < -0.4 is 10.3 Å². The third kappa shape index (κ3) is 3.13. The second-order valence-electron chi connectivity index (χ2n) is 6.33. The Hall–Kier alpha value is -2.99. The fourth-order valence-electron chi connectivity index (χ4n) is 3.13. The summed E-state index contributed by atoms with van der Waals surface area (Å²) in [5, 5.41) is 5.60. The molecular weight excluding hydrogens is 358 g/mol. The van der Waals surface area contributed by atoms with Gasteiger partial charge in [0.1, 0.15) is 11.4 Å². The van der Waals surface area contributed by atoms with Crippen molar-refractivity contribution in [2.45, 2.75) is 19.9 Å². The topological polar surface area (TPSA) is 57.0 Å². The van der Waals surface area contributed by atoms with Gasteiger partial charge in [0.05, 0.1) is 22.9 Å². The first kappa shape index (κ1) is 17.4. The molecular formula is C21H19N3O2S. The fraction of sp³-hybridized carbons (Fsp3) is 0.190. The van der Waals surface area contributed by atoms with Crippen LogP contribution in [0.3, 0.4) is 0 Å². The molecule has 0 aliphatic heterocycles. The maximum atomic E-state index is 13.1. The van der Waals surface area contributed by atoms with Crippen LogP contribution in [0.2, 0.25) is 0 Å². The molecule has 2 aromatic carbocycles. The lowest BCUT2D eigenvalue weighted by atomic mass is 10.1. The first-order chi connectivity index (χ1) is 13.1. The first-order valence-corrected chi connectivity index (χ1v) is 9.49. The van der Waals surface area contributed by atoms with Crippen molar-refractivity contribution >= 4 is 21.6 Å². The maximum absolute atomic E-state index is 13.1. The molecule has 0 amide bonds. The maximum Gasteiger partial charge on any atom is 0.294 e. The van der Waals surface area contributed by atoms with Crippen molar-refractivity contribution in [3.05, 3.63) is 75.5 Å². The third-order valence-electron chi connectivity index (χ3n) is 4.56.